The Bertz CT molecular complexity index is 1170. The molecule has 164 valence electrons. The monoisotopic (exact) mass is 463 g/mol. The first-order valence-electron chi connectivity index (χ1n) is 9.46. The molecular formula is C21H22ClN3O5S. The Labute approximate surface area is 185 Å². The molecule has 0 fully saturated rings. The second-order valence-corrected chi connectivity index (χ2v) is 8.78. The molecule has 2 aromatic carbocycles. The maximum atomic E-state index is 12.8. The number of anilines is 1. The lowest BCUT2D eigenvalue weighted by Gasteiger charge is -2.12. The molecule has 1 amide bonds. The molecule has 0 saturated heterocycles. The molecule has 1 aromatic heterocycles. The van der Waals surface area contributed by atoms with Crippen LogP contribution in [-0.2, 0) is 16.6 Å². The van der Waals surface area contributed by atoms with E-state index in [-0.39, 0.29) is 22.0 Å². The van der Waals surface area contributed by atoms with Gasteiger partial charge in [0.15, 0.2) is 0 Å². The van der Waals surface area contributed by atoms with Crippen LogP contribution in [0.25, 0.3) is 0 Å². The SMILES string of the molecule is CCOc1ccc(NS(=O)(=O)c2ccc(Cl)c(C(=O)NCc3c(C)noc3C)c2)cc1. The van der Waals surface area contributed by atoms with Gasteiger partial charge in [0.25, 0.3) is 15.9 Å². The van der Waals surface area contributed by atoms with Crippen molar-refractivity contribution in [2.24, 2.45) is 0 Å². The average molecular weight is 464 g/mol. The first-order valence-corrected chi connectivity index (χ1v) is 11.3. The van der Waals surface area contributed by atoms with E-state index in [4.69, 9.17) is 20.9 Å². The number of amides is 1. The van der Waals surface area contributed by atoms with Crippen molar-refractivity contribution in [3.05, 3.63) is 70.1 Å². The number of rotatable bonds is 8. The van der Waals surface area contributed by atoms with E-state index in [1.54, 1.807) is 38.1 Å². The maximum absolute atomic E-state index is 12.8. The Morgan fingerprint density at radius 1 is 1.16 bits per heavy atom. The van der Waals surface area contributed by atoms with Gasteiger partial charge in [-0.05, 0) is 63.2 Å². The highest BCUT2D eigenvalue weighted by Gasteiger charge is 2.20. The van der Waals surface area contributed by atoms with Gasteiger partial charge in [-0.15, -0.1) is 0 Å². The van der Waals surface area contributed by atoms with Crippen molar-refractivity contribution in [2.45, 2.75) is 32.2 Å². The van der Waals surface area contributed by atoms with Gasteiger partial charge >= 0.3 is 0 Å². The highest BCUT2D eigenvalue weighted by atomic mass is 35.5. The average Bonchev–Trinajstić information content (AvgIpc) is 3.05. The number of hydrogen-bond acceptors (Lipinski definition) is 6. The molecular weight excluding hydrogens is 442 g/mol. The van der Waals surface area contributed by atoms with E-state index in [1.807, 2.05) is 6.92 Å². The lowest BCUT2D eigenvalue weighted by atomic mass is 10.2. The number of carbonyl (C=O) groups excluding carboxylic acids is 1. The summed E-state index contributed by atoms with van der Waals surface area (Å²) >= 11 is 6.15. The van der Waals surface area contributed by atoms with Crippen LogP contribution in [0.2, 0.25) is 5.02 Å². The van der Waals surface area contributed by atoms with Crippen LogP contribution in [0.4, 0.5) is 5.69 Å². The Balaban J connectivity index is 1.77. The largest absolute Gasteiger partial charge is 0.494 e. The van der Waals surface area contributed by atoms with E-state index in [9.17, 15) is 13.2 Å². The maximum Gasteiger partial charge on any atom is 0.261 e. The Hall–Kier alpha value is -3.04. The zero-order chi connectivity index (χ0) is 22.6. The van der Waals surface area contributed by atoms with Crippen LogP contribution >= 0.6 is 11.6 Å². The molecule has 10 heteroatoms. The Morgan fingerprint density at radius 3 is 2.48 bits per heavy atom. The van der Waals surface area contributed by atoms with E-state index in [1.165, 1.54) is 18.2 Å². The first-order chi connectivity index (χ1) is 14.7. The summed E-state index contributed by atoms with van der Waals surface area (Å²) in [5, 5.41) is 6.69. The lowest BCUT2D eigenvalue weighted by Crippen LogP contribution is -2.24. The third-order valence-corrected chi connectivity index (χ3v) is 6.23. The summed E-state index contributed by atoms with van der Waals surface area (Å²) in [6, 6.07) is 10.5. The molecule has 0 atom stereocenters. The highest BCUT2D eigenvalue weighted by molar-refractivity contribution is 7.92. The summed E-state index contributed by atoms with van der Waals surface area (Å²) < 4.78 is 38.5. The van der Waals surface area contributed by atoms with Gasteiger partial charge in [-0.2, -0.15) is 0 Å². The molecule has 0 aliphatic carbocycles. The molecule has 0 aliphatic rings. The summed E-state index contributed by atoms with van der Waals surface area (Å²) in [5.41, 5.74) is 1.83. The highest BCUT2D eigenvalue weighted by Crippen LogP contribution is 2.24. The van der Waals surface area contributed by atoms with Crippen LogP contribution in [0, 0.1) is 13.8 Å². The quantitative estimate of drug-likeness (QED) is 0.521. The third-order valence-electron chi connectivity index (χ3n) is 4.52. The molecule has 0 bridgehead atoms. The number of ether oxygens (including phenoxy) is 1. The van der Waals surface area contributed by atoms with Gasteiger partial charge in [0.2, 0.25) is 0 Å². The van der Waals surface area contributed by atoms with E-state index in [2.05, 4.69) is 15.2 Å². The van der Waals surface area contributed by atoms with Gasteiger partial charge < -0.3 is 14.6 Å². The first kappa shape index (κ1) is 22.6. The molecule has 31 heavy (non-hydrogen) atoms. The normalized spacial score (nSPS) is 11.2. The predicted molar refractivity (Wildman–Crippen MR) is 117 cm³/mol. The van der Waals surface area contributed by atoms with Gasteiger partial charge in [-0.1, -0.05) is 16.8 Å². The molecule has 2 N–H and O–H groups in total. The molecule has 0 spiro atoms. The number of sulfonamides is 1. The van der Waals surface area contributed by atoms with Gasteiger partial charge in [-0.3, -0.25) is 9.52 Å². The van der Waals surface area contributed by atoms with Crippen molar-refractivity contribution >= 4 is 33.2 Å². The second-order valence-electron chi connectivity index (χ2n) is 6.69. The second kappa shape index (κ2) is 9.40. The van der Waals surface area contributed by atoms with Crippen molar-refractivity contribution in [3.8, 4) is 5.75 Å². The molecule has 0 saturated carbocycles. The zero-order valence-electron chi connectivity index (χ0n) is 17.2. The predicted octanol–water partition coefficient (Wildman–Crippen LogP) is 4.07. The van der Waals surface area contributed by atoms with Crippen molar-refractivity contribution in [1.82, 2.24) is 10.5 Å². The molecule has 1 heterocycles. The van der Waals surface area contributed by atoms with Gasteiger partial charge in [-0.25, -0.2) is 8.42 Å². The molecule has 3 aromatic rings. The Morgan fingerprint density at radius 2 is 1.87 bits per heavy atom. The summed E-state index contributed by atoms with van der Waals surface area (Å²) in [6.45, 7) is 6.06. The standard InChI is InChI=1S/C21H22ClN3O5S/c1-4-29-16-7-5-15(6-8-16)25-31(27,28)17-9-10-20(22)18(11-17)21(26)23-12-19-13(2)24-30-14(19)3/h5-11,25H,4,12H2,1-3H3,(H,23,26). The topological polar surface area (TPSA) is 111 Å². The molecule has 8 nitrogen and oxygen atoms in total. The minimum atomic E-state index is -3.94. The van der Waals surface area contributed by atoms with Crippen LogP contribution in [0.5, 0.6) is 5.75 Å². The van der Waals surface area contributed by atoms with Crippen molar-refractivity contribution in [3.63, 3.8) is 0 Å². The minimum absolute atomic E-state index is 0.0444. The van der Waals surface area contributed by atoms with Crippen LogP contribution in [0.15, 0.2) is 51.9 Å². The van der Waals surface area contributed by atoms with Crippen molar-refractivity contribution in [1.29, 1.82) is 0 Å². The number of aromatic nitrogens is 1. The minimum Gasteiger partial charge on any atom is -0.494 e. The van der Waals surface area contributed by atoms with Gasteiger partial charge in [0.05, 0.1) is 27.8 Å². The lowest BCUT2D eigenvalue weighted by molar-refractivity contribution is 0.0950. The van der Waals surface area contributed by atoms with E-state index in [0.29, 0.717) is 29.5 Å². The zero-order valence-corrected chi connectivity index (χ0v) is 18.8. The fourth-order valence-electron chi connectivity index (χ4n) is 2.86. The van der Waals surface area contributed by atoms with Gasteiger partial charge in [0.1, 0.15) is 11.5 Å². The van der Waals surface area contributed by atoms with E-state index in [0.717, 1.165) is 5.56 Å². The number of nitrogens with zero attached hydrogens (tertiary/aromatic N) is 1. The van der Waals surface area contributed by atoms with Crippen LogP contribution in [0.1, 0.15) is 34.3 Å². The van der Waals surface area contributed by atoms with Crippen molar-refractivity contribution in [2.75, 3.05) is 11.3 Å². The number of aryl methyl sites for hydroxylation is 2. The van der Waals surface area contributed by atoms with Crippen molar-refractivity contribution < 1.29 is 22.5 Å². The fourth-order valence-corrected chi connectivity index (χ4v) is 4.15. The number of halogens is 1. The molecule has 0 radical (unpaired) electrons. The number of nitrogens with one attached hydrogen (secondary N) is 2. The summed E-state index contributed by atoms with van der Waals surface area (Å²) in [7, 11) is -3.94. The van der Waals surface area contributed by atoms with Crippen LogP contribution < -0.4 is 14.8 Å². The number of carbonyl (C=O) groups is 1. The summed E-state index contributed by atoms with van der Waals surface area (Å²) in [4.78, 5) is 12.6. The molecule has 0 unspecified atom stereocenters. The number of hydrogen-bond donors (Lipinski definition) is 2. The fraction of sp³-hybridized carbons (Fsp3) is 0.238. The molecule has 3 rings (SSSR count). The van der Waals surface area contributed by atoms with E-state index >= 15 is 0 Å². The van der Waals surface area contributed by atoms with Crippen LogP contribution in [0.3, 0.4) is 0 Å². The smallest absolute Gasteiger partial charge is 0.261 e. The third kappa shape index (κ3) is 5.36. The Kier molecular flexibility index (Phi) is 6.87. The van der Waals surface area contributed by atoms with E-state index < -0.39 is 15.9 Å². The summed E-state index contributed by atoms with van der Waals surface area (Å²) in [5.74, 6) is 0.720. The van der Waals surface area contributed by atoms with Gasteiger partial charge in [0, 0.05) is 17.8 Å². The van der Waals surface area contributed by atoms with Crippen LogP contribution in [-0.4, -0.2) is 26.1 Å². The molecule has 0 aliphatic heterocycles. The number of benzene rings is 2. The summed E-state index contributed by atoms with van der Waals surface area (Å²) in [6.07, 6.45) is 0.